The van der Waals surface area contributed by atoms with E-state index in [1.807, 2.05) is 19.1 Å². The van der Waals surface area contributed by atoms with Gasteiger partial charge in [0.15, 0.2) is 0 Å². The van der Waals surface area contributed by atoms with E-state index < -0.39 is 10.0 Å². The van der Waals surface area contributed by atoms with Gasteiger partial charge in [-0.3, -0.25) is 4.72 Å². The SMILES string of the molecule is Cc1ccc(NS(=O)(=O)CC2CCNC2)c(Br)c1. The number of aryl methyl sites for hydroxylation is 1. The second kappa shape index (κ2) is 5.59. The molecule has 0 aromatic heterocycles. The zero-order valence-corrected chi connectivity index (χ0v) is 12.6. The summed E-state index contributed by atoms with van der Waals surface area (Å²) in [6.07, 6.45) is 0.927. The Labute approximate surface area is 116 Å². The van der Waals surface area contributed by atoms with E-state index in [1.54, 1.807) is 6.07 Å². The van der Waals surface area contributed by atoms with E-state index >= 15 is 0 Å². The molecule has 100 valence electrons. The average molecular weight is 333 g/mol. The summed E-state index contributed by atoms with van der Waals surface area (Å²) in [6.45, 7) is 3.66. The molecule has 18 heavy (non-hydrogen) atoms. The summed E-state index contributed by atoms with van der Waals surface area (Å²) in [5.74, 6) is 0.395. The predicted molar refractivity (Wildman–Crippen MR) is 77.3 cm³/mol. The zero-order chi connectivity index (χ0) is 13.2. The quantitative estimate of drug-likeness (QED) is 0.887. The van der Waals surface area contributed by atoms with Crippen molar-refractivity contribution in [1.29, 1.82) is 0 Å². The van der Waals surface area contributed by atoms with Crippen molar-refractivity contribution in [2.24, 2.45) is 5.92 Å². The van der Waals surface area contributed by atoms with Crippen LogP contribution in [0.5, 0.6) is 0 Å². The summed E-state index contributed by atoms with van der Waals surface area (Å²) in [5, 5.41) is 3.18. The van der Waals surface area contributed by atoms with E-state index in [1.165, 1.54) is 0 Å². The summed E-state index contributed by atoms with van der Waals surface area (Å²) < 4.78 is 27.5. The van der Waals surface area contributed by atoms with Crippen molar-refractivity contribution in [3.8, 4) is 0 Å². The van der Waals surface area contributed by atoms with Gasteiger partial charge < -0.3 is 5.32 Å². The number of halogens is 1. The van der Waals surface area contributed by atoms with Gasteiger partial charge in [0, 0.05) is 4.47 Å². The molecule has 1 atom stereocenters. The van der Waals surface area contributed by atoms with Gasteiger partial charge in [-0.2, -0.15) is 0 Å². The summed E-state index contributed by atoms with van der Waals surface area (Å²) in [7, 11) is -3.27. The molecular weight excluding hydrogens is 316 g/mol. The first kappa shape index (κ1) is 13.8. The lowest BCUT2D eigenvalue weighted by Gasteiger charge is -2.13. The molecule has 0 bridgehead atoms. The van der Waals surface area contributed by atoms with Gasteiger partial charge in [0.2, 0.25) is 10.0 Å². The number of hydrogen-bond acceptors (Lipinski definition) is 3. The number of nitrogens with one attached hydrogen (secondary N) is 2. The van der Waals surface area contributed by atoms with Crippen molar-refractivity contribution in [1.82, 2.24) is 5.32 Å². The lowest BCUT2D eigenvalue weighted by molar-refractivity contribution is 0.575. The largest absolute Gasteiger partial charge is 0.316 e. The Morgan fingerprint density at radius 1 is 1.50 bits per heavy atom. The van der Waals surface area contributed by atoms with Crippen molar-refractivity contribution >= 4 is 31.6 Å². The minimum atomic E-state index is -3.27. The minimum absolute atomic E-state index is 0.181. The summed E-state index contributed by atoms with van der Waals surface area (Å²) in [4.78, 5) is 0. The molecule has 0 amide bonds. The van der Waals surface area contributed by atoms with Crippen molar-refractivity contribution in [2.75, 3.05) is 23.6 Å². The molecule has 4 nitrogen and oxygen atoms in total. The molecule has 1 fully saturated rings. The first-order valence-corrected chi connectivity index (χ1v) is 8.38. The minimum Gasteiger partial charge on any atom is -0.316 e. The fraction of sp³-hybridized carbons (Fsp3) is 0.500. The average Bonchev–Trinajstić information content (AvgIpc) is 2.74. The molecule has 2 rings (SSSR count). The molecule has 1 unspecified atom stereocenters. The third-order valence-electron chi connectivity index (χ3n) is 3.01. The third-order valence-corrected chi connectivity index (χ3v) is 5.10. The standard InChI is InChI=1S/C12H17BrN2O2S/c1-9-2-3-12(11(13)6-9)15-18(16,17)8-10-4-5-14-7-10/h2-3,6,10,14-15H,4-5,7-8H2,1H3. The van der Waals surface area contributed by atoms with Crippen LogP contribution in [0.3, 0.4) is 0 Å². The van der Waals surface area contributed by atoms with Crippen molar-refractivity contribution in [3.05, 3.63) is 28.2 Å². The van der Waals surface area contributed by atoms with Crippen LogP contribution in [0.25, 0.3) is 0 Å². The second-order valence-electron chi connectivity index (χ2n) is 4.73. The molecular formula is C12H17BrN2O2S. The maximum absolute atomic E-state index is 12.0. The maximum Gasteiger partial charge on any atom is 0.233 e. The number of sulfonamides is 1. The summed E-state index contributed by atoms with van der Waals surface area (Å²) in [5.41, 5.74) is 1.69. The first-order valence-electron chi connectivity index (χ1n) is 5.94. The van der Waals surface area contributed by atoms with E-state index in [-0.39, 0.29) is 11.7 Å². The van der Waals surface area contributed by atoms with Crippen molar-refractivity contribution in [2.45, 2.75) is 13.3 Å². The van der Waals surface area contributed by atoms with Gasteiger partial charge >= 0.3 is 0 Å². The first-order chi connectivity index (χ1) is 8.46. The molecule has 1 heterocycles. The Morgan fingerprint density at radius 3 is 2.89 bits per heavy atom. The van der Waals surface area contributed by atoms with Crippen LogP contribution >= 0.6 is 15.9 Å². The highest BCUT2D eigenvalue weighted by molar-refractivity contribution is 9.10. The molecule has 0 aliphatic carbocycles. The molecule has 1 aromatic rings. The molecule has 0 spiro atoms. The Balaban J connectivity index is 2.07. The van der Waals surface area contributed by atoms with Gasteiger partial charge in [-0.25, -0.2) is 8.42 Å². The van der Waals surface area contributed by atoms with Crippen LogP contribution in [-0.4, -0.2) is 27.3 Å². The van der Waals surface area contributed by atoms with Crippen LogP contribution in [0, 0.1) is 12.8 Å². The summed E-state index contributed by atoms with van der Waals surface area (Å²) in [6, 6.07) is 5.57. The smallest absolute Gasteiger partial charge is 0.233 e. The molecule has 0 radical (unpaired) electrons. The molecule has 6 heteroatoms. The van der Waals surface area contributed by atoms with Crippen LogP contribution in [-0.2, 0) is 10.0 Å². The Hall–Kier alpha value is -0.590. The molecule has 2 N–H and O–H groups in total. The lowest BCUT2D eigenvalue weighted by atomic mass is 10.2. The zero-order valence-electron chi connectivity index (χ0n) is 10.2. The highest BCUT2D eigenvalue weighted by Gasteiger charge is 2.22. The molecule has 1 saturated heterocycles. The molecule has 1 aromatic carbocycles. The maximum atomic E-state index is 12.0. The van der Waals surface area contributed by atoms with E-state index in [0.29, 0.717) is 5.69 Å². The van der Waals surface area contributed by atoms with Gasteiger partial charge in [0.1, 0.15) is 0 Å². The number of rotatable bonds is 4. The highest BCUT2D eigenvalue weighted by atomic mass is 79.9. The summed E-state index contributed by atoms with van der Waals surface area (Å²) >= 11 is 3.37. The highest BCUT2D eigenvalue weighted by Crippen LogP contribution is 2.25. The van der Waals surface area contributed by atoms with Crippen LogP contribution in [0.4, 0.5) is 5.69 Å². The topological polar surface area (TPSA) is 58.2 Å². The van der Waals surface area contributed by atoms with E-state index in [9.17, 15) is 8.42 Å². The Kier molecular flexibility index (Phi) is 4.29. The van der Waals surface area contributed by atoms with Gasteiger partial charge in [0.25, 0.3) is 0 Å². The fourth-order valence-electron chi connectivity index (χ4n) is 2.08. The molecule has 1 aliphatic heterocycles. The van der Waals surface area contributed by atoms with E-state index in [2.05, 4.69) is 26.0 Å². The van der Waals surface area contributed by atoms with Gasteiger partial charge in [-0.15, -0.1) is 0 Å². The number of anilines is 1. The van der Waals surface area contributed by atoms with Gasteiger partial charge in [-0.05, 0) is 66.0 Å². The monoisotopic (exact) mass is 332 g/mol. The second-order valence-corrected chi connectivity index (χ2v) is 7.35. The molecule has 1 aliphatic rings. The van der Waals surface area contributed by atoms with Gasteiger partial charge in [0.05, 0.1) is 11.4 Å². The Morgan fingerprint density at radius 2 is 2.28 bits per heavy atom. The van der Waals surface area contributed by atoms with Crippen LogP contribution < -0.4 is 10.0 Å². The van der Waals surface area contributed by atoms with Crippen molar-refractivity contribution in [3.63, 3.8) is 0 Å². The molecule has 0 saturated carbocycles. The van der Waals surface area contributed by atoms with E-state index in [4.69, 9.17) is 0 Å². The van der Waals surface area contributed by atoms with Crippen LogP contribution in [0.2, 0.25) is 0 Å². The van der Waals surface area contributed by atoms with Gasteiger partial charge in [-0.1, -0.05) is 6.07 Å². The van der Waals surface area contributed by atoms with Crippen LogP contribution in [0.1, 0.15) is 12.0 Å². The van der Waals surface area contributed by atoms with E-state index in [0.717, 1.165) is 29.5 Å². The number of hydrogen-bond donors (Lipinski definition) is 2. The third kappa shape index (κ3) is 3.70. The van der Waals surface area contributed by atoms with Crippen LogP contribution in [0.15, 0.2) is 22.7 Å². The lowest BCUT2D eigenvalue weighted by Crippen LogP contribution is -2.24. The predicted octanol–water partition coefficient (Wildman–Crippen LogP) is 2.11. The Bertz CT molecular complexity index is 525. The normalized spacial score (nSPS) is 20.0. The number of benzene rings is 1. The fourth-order valence-corrected chi connectivity index (χ4v) is 4.30. The van der Waals surface area contributed by atoms with Crippen molar-refractivity contribution < 1.29 is 8.42 Å².